The van der Waals surface area contributed by atoms with Gasteiger partial charge in [0.15, 0.2) is 0 Å². The molecule has 0 radical (unpaired) electrons. The van der Waals surface area contributed by atoms with Crippen LogP contribution in [0.1, 0.15) is 39.0 Å². The summed E-state index contributed by atoms with van der Waals surface area (Å²) in [6.45, 7) is 5.03. The second-order valence-corrected chi connectivity index (χ2v) is 6.62. The van der Waals surface area contributed by atoms with Gasteiger partial charge < -0.3 is 15.0 Å². The lowest BCUT2D eigenvalue weighted by atomic mass is 9.97. The predicted molar refractivity (Wildman–Crippen MR) is 97.7 cm³/mol. The van der Waals surface area contributed by atoms with Crippen LogP contribution >= 0.6 is 0 Å². The number of amides is 4. The second kappa shape index (κ2) is 10.8. The molecule has 0 saturated carbocycles. The van der Waals surface area contributed by atoms with E-state index in [9.17, 15) is 14.4 Å². The SMILES string of the molecule is CCOC(=O)N1CCN(CC(=O)NC(=O)NCCC2=CCCCC2)CC1. The van der Waals surface area contributed by atoms with E-state index in [0.717, 1.165) is 19.3 Å². The van der Waals surface area contributed by atoms with E-state index in [1.54, 1.807) is 11.8 Å². The Kier molecular flexibility index (Phi) is 8.40. The van der Waals surface area contributed by atoms with Crippen LogP contribution in [0.15, 0.2) is 11.6 Å². The third kappa shape index (κ3) is 7.03. The normalized spacial score (nSPS) is 18.0. The van der Waals surface area contributed by atoms with Gasteiger partial charge in [-0.25, -0.2) is 9.59 Å². The van der Waals surface area contributed by atoms with Crippen LogP contribution in [-0.2, 0) is 9.53 Å². The average Bonchev–Trinajstić information content (AvgIpc) is 2.63. The topological polar surface area (TPSA) is 91.0 Å². The van der Waals surface area contributed by atoms with E-state index in [0.29, 0.717) is 39.3 Å². The van der Waals surface area contributed by atoms with Crippen molar-refractivity contribution in [3.63, 3.8) is 0 Å². The lowest BCUT2D eigenvalue weighted by Crippen LogP contribution is -2.52. The van der Waals surface area contributed by atoms with Gasteiger partial charge in [-0.3, -0.25) is 15.0 Å². The summed E-state index contributed by atoms with van der Waals surface area (Å²) in [6.07, 6.45) is 7.49. The molecule has 2 rings (SSSR count). The van der Waals surface area contributed by atoms with E-state index in [2.05, 4.69) is 16.7 Å². The molecule has 1 aliphatic heterocycles. The fraction of sp³-hybridized carbons (Fsp3) is 0.722. The molecular formula is C18H30N4O4. The molecule has 0 aromatic heterocycles. The van der Waals surface area contributed by atoms with Gasteiger partial charge in [-0.2, -0.15) is 0 Å². The van der Waals surface area contributed by atoms with Gasteiger partial charge >= 0.3 is 12.1 Å². The van der Waals surface area contributed by atoms with Crippen LogP contribution in [0.3, 0.4) is 0 Å². The molecule has 26 heavy (non-hydrogen) atoms. The quantitative estimate of drug-likeness (QED) is 0.695. The van der Waals surface area contributed by atoms with Crippen molar-refractivity contribution in [1.29, 1.82) is 0 Å². The van der Waals surface area contributed by atoms with Crippen molar-refractivity contribution in [2.45, 2.75) is 39.0 Å². The number of rotatable bonds is 6. The van der Waals surface area contributed by atoms with E-state index < -0.39 is 6.03 Å². The van der Waals surface area contributed by atoms with Crippen molar-refractivity contribution < 1.29 is 19.1 Å². The Balaban J connectivity index is 1.59. The first-order valence-electron chi connectivity index (χ1n) is 9.48. The number of hydrogen-bond donors (Lipinski definition) is 2. The lowest BCUT2D eigenvalue weighted by molar-refractivity contribution is -0.121. The highest BCUT2D eigenvalue weighted by molar-refractivity contribution is 5.95. The first-order valence-corrected chi connectivity index (χ1v) is 9.48. The molecule has 0 spiro atoms. The van der Waals surface area contributed by atoms with Gasteiger partial charge in [0.1, 0.15) is 0 Å². The van der Waals surface area contributed by atoms with Crippen molar-refractivity contribution in [3.05, 3.63) is 11.6 Å². The van der Waals surface area contributed by atoms with Gasteiger partial charge in [-0.1, -0.05) is 11.6 Å². The second-order valence-electron chi connectivity index (χ2n) is 6.62. The molecule has 1 aliphatic carbocycles. The Bertz CT molecular complexity index is 527. The summed E-state index contributed by atoms with van der Waals surface area (Å²) in [7, 11) is 0. The Morgan fingerprint density at radius 1 is 1.15 bits per heavy atom. The number of nitrogens with one attached hydrogen (secondary N) is 2. The Labute approximate surface area is 154 Å². The number of urea groups is 1. The largest absolute Gasteiger partial charge is 0.450 e. The maximum absolute atomic E-state index is 12.0. The minimum atomic E-state index is -0.448. The molecule has 0 atom stereocenters. The van der Waals surface area contributed by atoms with Crippen LogP contribution in [0, 0.1) is 0 Å². The summed E-state index contributed by atoms with van der Waals surface area (Å²) in [5.74, 6) is -0.330. The standard InChI is InChI=1S/C18H30N4O4/c1-2-26-18(25)22-12-10-21(11-13-22)14-16(23)20-17(24)19-9-8-15-6-4-3-5-7-15/h6H,2-5,7-14H2,1H3,(H2,19,20,23,24). The maximum atomic E-state index is 12.0. The maximum Gasteiger partial charge on any atom is 0.409 e. The van der Waals surface area contributed by atoms with Gasteiger partial charge in [-0.05, 0) is 39.0 Å². The molecule has 1 heterocycles. The molecule has 0 aromatic carbocycles. The number of carbonyl (C=O) groups excluding carboxylic acids is 3. The molecule has 0 bridgehead atoms. The molecule has 2 aliphatic rings. The first kappa shape index (κ1) is 20.2. The summed E-state index contributed by atoms with van der Waals surface area (Å²) < 4.78 is 4.96. The number of ether oxygens (including phenoxy) is 1. The number of imide groups is 1. The summed E-state index contributed by atoms with van der Waals surface area (Å²) in [5, 5.41) is 5.10. The van der Waals surface area contributed by atoms with Gasteiger partial charge in [0.2, 0.25) is 5.91 Å². The summed E-state index contributed by atoms with van der Waals surface area (Å²) in [5.41, 5.74) is 1.39. The molecule has 2 N–H and O–H groups in total. The van der Waals surface area contributed by atoms with E-state index in [1.807, 2.05) is 4.90 Å². The number of hydrogen-bond acceptors (Lipinski definition) is 5. The summed E-state index contributed by atoms with van der Waals surface area (Å²) >= 11 is 0. The highest BCUT2D eigenvalue weighted by Crippen LogP contribution is 2.19. The summed E-state index contributed by atoms with van der Waals surface area (Å²) in [6, 6.07) is -0.448. The van der Waals surface area contributed by atoms with E-state index in [1.165, 1.54) is 18.4 Å². The molecule has 1 saturated heterocycles. The van der Waals surface area contributed by atoms with Gasteiger partial charge in [-0.15, -0.1) is 0 Å². The van der Waals surface area contributed by atoms with Gasteiger partial charge in [0.25, 0.3) is 0 Å². The molecule has 0 aromatic rings. The van der Waals surface area contributed by atoms with Crippen LogP contribution in [0.5, 0.6) is 0 Å². The molecule has 1 fully saturated rings. The first-order chi connectivity index (χ1) is 12.6. The average molecular weight is 366 g/mol. The third-order valence-electron chi connectivity index (χ3n) is 4.64. The van der Waals surface area contributed by atoms with Crippen molar-refractivity contribution in [2.24, 2.45) is 0 Å². The molecule has 4 amide bonds. The van der Waals surface area contributed by atoms with Crippen LogP contribution in [0.4, 0.5) is 9.59 Å². The zero-order valence-corrected chi connectivity index (χ0v) is 15.6. The Morgan fingerprint density at radius 2 is 1.92 bits per heavy atom. The minimum absolute atomic E-state index is 0.148. The zero-order valence-electron chi connectivity index (χ0n) is 15.6. The van der Waals surface area contributed by atoms with E-state index in [-0.39, 0.29) is 18.5 Å². The van der Waals surface area contributed by atoms with E-state index in [4.69, 9.17) is 4.74 Å². The lowest BCUT2D eigenvalue weighted by Gasteiger charge is -2.33. The number of carbonyl (C=O) groups is 3. The molecule has 8 heteroatoms. The Morgan fingerprint density at radius 3 is 2.58 bits per heavy atom. The molecule has 8 nitrogen and oxygen atoms in total. The monoisotopic (exact) mass is 366 g/mol. The van der Waals surface area contributed by atoms with Crippen molar-refractivity contribution >= 4 is 18.0 Å². The highest BCUT2D eigenvalue weighted by Gasteiger charge is 2.23. The molecular weight excluding hydrogens is 336 g/mol. The zero-order chi connectivity index (χ0) is 18.8. The Hall–Kier alpha value is -2.09. The van der Waals surface area contributed by atoms with Crippen LogP contribution < -0.4 is 10.6 Å². The van der Waals surface area contributed by atoms with Crippen LogP contribution in [-0.4, -0.2) is 73.7 Å². The van der Waals surface area contributed by atoms with Crippen molar-refractivity contribution in [1.82, 2.24) is 20.4 Å². The van der Waals surface area contributed by atoms with Gasteiger partial charge in [0.05, 0.1) is 13.2 Å². The smallest absolute Gasteiger partial charge is 0.409 e. The molecule has 146 valence electrons. The molecule has 0 unspecified atom stereocenters. The van der Waals surface area contributed by atoms with Gasteiger partial charge in [0, 0.05) is 32.7 Å². The number of nitrogens with zero attached hydrogens (tertiary/aromatic N) is 2. The third-order valence-corrected chi connectivity index (χ3v) is 4.64. The number of allylic oxidation sites excluding steroid dienone is 1. The predicted octanol–water partition coefficient (Wildman–Crippen LogP) is 1.48. The van der Waals surface area contributed by atoms with Crippen LogP contribution in [0.2, 0.25) is 0 Å². The minimum Gasteiger partial charge on any atom is -0.450 e. The fourth-order valence-corrected chi connectivity index (χ4v) is 3.19. The fourth-order valence-electron chi connectivity index (χ4n) is 3.19. The van der Waals surface area contributed by atoms with Crippen molar-refractivity contribution in [2.75, 3.05) is 45.9 Å². The van der Waals surface area contributed by atoms with Crippen LogP contribution in [0.25, 0.3) is 0 Å². The summed E-state index contributed by atoms with van der Waals surface area (Å²) in [4.78, 5) is 39.0. The number of piperazine rings is 1. The van der Waals surface area contributed by atoms with E-state index >= 15 is 0 Å². The highest BCUT2D eigenvalue weighted by atomic mass is 16.6. The van der Waals surface area contributed by atoms with Crippen molar-refractivity contribution in [3.8, 4) is 0 Å².